The number of nitrogens with zero attached hydrogens (tertiary/aromatic N) is 2. The minimum Gasteiger partial charge on any atom is -0.505 e. The van der Waals surface area contributed by atoms with Crippen molar-refractivity contribution < 1.29 is 9.50 Å². The minimum absolute atomic E-state index is 0.386. The highest BCUT2D eigenvalue weighted by Crippen LogP contribution is 2.34. The van der Waals surface area contributed by atoms with Crippen LogP contribution in [-0.2, 0) is 0 Å². The number of halogens is 1. The zero-order chi connectivity index (χ0) is 14.8. The fraction of sp³-hybridized carbons (Fsp3) is 0.333. The maximum Gasteiger partial charge on any atom is 0.165 e. The molecular formula is C15H17FN4O. The van der Waals surface area contributed by atoms with E-state index < -0.39 is 5.82 Å². The number of anilines is 1. The molecule has 1 aliphatic carbocycles. The van der Waals surface area contributed by atoms with Gasteiger partial charge in [0.2, 0.25) is 0 Å². The van der Waals surface area contributed by atoms with Crippen LogP contribution in [0, 0.1) is 5.82 Å². The molecule has 1 heterocycles. The third-order valence-electron chi connectivity index (χ3n) is 3.87. The van der Waals surface area contributed by atoms with Crippen LogP contribution in [0.15, 0.2) is 24.3 Å². The van der Waals surface area contributed by atoms with Gasteiger partial charge >= 0.3 is 0 Å². The summed E-state index contributed by atoms with van der Waals surface area (Å²) in [6.07, 6.45) is 4.60. The van der Waals surface area contributed by atoms with Gasteiger partial charge in [-0.25, -0.2) is 20.2 Å². The SMILES string of the molecule is NNc1cc(C2CCCC2)nc(-c2ccc(O)c(F)c2)n1. The first-order chi connectivity index (χ1) is 10.2. The smallest absolute Gasteiger partial charge is 0.165 e. The van der Waals surface area contributed by atoms with Crippen molar-refractivity contribution in [2.75, 3.05) is 5.43 Å². The van der Waals surface area contributed by atoms with Crippen LogP contribution in [-0.4, -0.2) is 15.1 Å². The summed E-state index contributed by atoms with van der Waals surface area (Å²) in [5.41, 5.74) is 3.98. The van der Waals surface area contributed by atoms with Gasteiger partial charge in [-0.1, -0.05) is 12.8 Å². The Kier molecular flexibility index (Phi) is 3.70. The zero-order valence-corrected chi connectivity index (χ0v) is 11.5. The lowest BCUT2D eigenvalue weighted by Crippen LogP contribution is -2.11. The Morgan fingerprint density at radius 2 is 1.95 bits per heavy atom. The fourth-order valence-corrected chi connectivity index (χ4v) is 2.75. The average Bonchev–Trinajstić information content (AvgIpc) is 3.04. The van der Waals surface area contributed by atoms with Crippen LogP contribution in [0.25, 0.3) is 11.4 Å². The lowest BCUT2D eigenvalue weighted by atomic mass is 10.0. The summed E-state index contributed by atoms with van der Waals surface area (Å²) in [5, 5.41) is 9.27. The van der Waals surface area contributed by atoms with Crippen molar-refractivity contribution in [3.8, 4) is 17.1 Å². The predicted octanol–water partition coefficient (Wildman–Crippen LogP) is 2.93. The monoisotopic (exact) mass is 288 g/mol. The van der Waals surface area contributed by atoms with E-state index in [1.165, 1.54) is 25.0 Å². The summed E-state index contributed by atoms with van der Waals surface area (Å²) in [6, 6.07) is 5.96. The Morgan fingerprint density at radius 3 is 2.62 bits per heavy atom. The van der Waals surface area contributed by atoms with Crippen LogP contribution in [0.1, 0.15) is 37.3 Å². The summed E-state index contributed by atoms with van der Waals surface area (Å²) in [5.74, 6) is 5.71. The quantitative estimate of drug-likeness (QED) is 0.597. The second-order valence-corrected chi connectivity index (χ2v) is 5.29. The molecule has 4 N–H and O–H groups in total. The number of rotatable bonds is 3. The van der Waals surface area contributed by atoms with E-state index >= 15 is 0 Å². The molecular weight excluding hydrogens is 271 g/mol. The first kappa shape index (κ1) is 13.8. The number of phenolic OH excluding ortho intramolecular Hbond substituents is 1. The van der Waals surface area contributed by atoms with Gasteiger partial charge < -0.3 is 10.5 Å². The third kappa shape index (κ3) is 2.80. The number of hydrogen-bond donors (Lipinski definition) is 3. The maximum absolute atomic E-state index is 13.5. The van der Waals surface area contributed by atoms with Crippen molar-refractivity contribution in [3.05, 3.63) is 35.8 Å². The molecule has 0 bridgehead atoms. The second-order valence-electron chi connectivity index (χ2n) is 5.29. The molecule has 1 fully saturated rings. The highest BCUT2D eigenvalue weighted by molar-refractivity contribution is 5.59. The van der Waals surface area contributed by atoms with Gasteiger partial charge in [0.1, 0.15) is 5.82 Å². The topological polar surface area (TPSA) is 84.1 Å². The van der Waals surface area contributed by atoms with E-state index in [0.29, 0.717) is 23.1 Å². The number of nitrogen functional groups attached to an aromatic ring is 1. The number of nitrogens with one attached hydrogen (secondary N) is 1. The van der Waals surface area contributed by atoms with Crippen LogP contribution < -0.4 is 11.3 Å². The Labute approximate surface area is 122 Å². The van der Waals surface area contributed by atoms with Crippen molar-refractivity contribution in [1.29, 1.82) is 0 Å². The molecule has 0 aliphatic heterocycles. The highest BCUT2D eigenvalue weighted by Gasteiger charge is 2.20. The second kappa shape index (κ2) is 5.65. The molecule has 1 aromatic carbocycles. The van der Waals surface area contributed by atoms with Gasteiger partial charge in [-0.05, 0) is 31.0 Å². The van der Waals surface area contributed by atoms with Crippen LogP contribution in [0.4, 0.5) is 10.2 Å². The summed E-state index contributed by atoms with van der Waals surface area (Å²) in [4.78, 5) is 8.82. The normalized spacial score (nSPS) is 15.3. The first-order valence-electron chi connectivity index (χ1n) is 7.02. The number of aromatic nitrogens is 2. The van der Waals surface area contributed by atoms with Gasteiger partial charge in [0.15, 0.2) is 17.4 Å². The Morgan fingerprint density at radius 1 is 1.19 bits per heavy atom. The molecule has 21 heavy (non-hydrogen) atoms. The largest absolute Gasteiger partial charge is 0.505 e. The summed E-state index contributed by atoms with van der Waals surface area (Å²) >= 11 is 0. The van der Waals surface area contributed by atoms with Gasteiger partial charge in [-0.15, -0.1) is 0 Å². The molecule has 0 atom stereocenters. The molecule has 0 spiro atoms. The minimum atomic E-state index is -0.690. The summed E-state index contributed by atoms with van der Waals surface area (Å²) < 4.78 is 13.5. The average molecular weight is 288 g/mol. The lowest BCUT2D eigenvalue weighted by Gasteiger charge is -2.12. The zero-order valence-electron chi connectivity index (χ0n) is 11.5. The van der Waals surface area contributed by atoms with Crippen LogP contribution in [0.3, 0.4) is 0 Å². The molecule has 0 saturated heterocycles. The van der Waals surface area contributed by atoms with Crippen LogP contribution >= 0.6 is 0 Å². The van der Waals surface area contributed by atoms with Crippen molar-refractivity contribution in [1.82, 2.24) is 9.97 Å². The van der Waals surface area contributed by atoms with E-state index in [9.17, 15) is 9.50 Å². The van der Waals surface area contributed by atoms with Gasteiger partial charge in [0, 0.05) is 23.2 Å². The number of phenols is 1. The number of hydrogen-bond acceptors (Lipinski definition) is 5. The van der Waals surface area contributed by atoms with E-state index in [0.717, 1.165) is 18.5 Å². The van der Waals surface area contributed by atoms with Crippen LogP contribution in [0.2, 0.25) is 0 Å². The van der Waals surface area contributed by atoms with E-state index in [1.807, 2.05) is 6.07 Å². The molecule has 0 unspecified atom stereocenters. The highest BCUT2D eigenvalue weighted by atomic mass is 19.1. The number of benzene rings is 1. The Bertz CT molecular complexity index is 656. The van der Waals surface area contributed by atoms with E-state index in [4.69, 9.17) is 5.84 Å². The molecule has 1 aliphatic rings. The van der Waals surface area contributed by atoms with Crippen molar-refractivity contribution >= 4 is 5.82 Å². The molecule has 0 radical (unpaired) electrons. The number of nitrogens with two attached hydrogens (primary N) is 1. The van der Waals surface area contributed by atoms with E-state index in [2.05, 4.69) is 15.4 Å². The van der Waals surface area contributed by atoms with Crippen molar-refractivity contribution in [2.24, 2.45) is 5.84 Å². The first-order valence-corrected chi connectivity index (χ1v) is 7.02. The molecule has 2 aromatic rings. The van der Waals surface area contributed by atoms with E-state index in [-0.39, 0.29) is 5.75 Å². The fourth-order valence-electron chi connectivity index (χ4n) is 2.75. The molecule has 5 nitrogen and oxygen atoms in total. The van der Waals surface area contributed by atoms with E-state index in [1.54, 1.807) is 6.07 Å². The molecule has 1 saturated carbocycles. The standard InChI is InChI=1S/C15H17FN4O/c16-11-7-10(5-6-13(11)21)15-18-12(8-14(19-15)20-17)9-3-1-2-4-9/h5-9,21H,1-4,17H2,(H,18,19,20). The molecule has 110 valence electrons. The maximum atomic E-state index is 13.5. The molecule has 1 aromatic heterocycles. The van der Waals surface area contributed by atoms with Gasteiger partial charge in [-0.3, -0.25) is 0 Å². The van der Waals surface area contributed by atoms with Crippen LogP contribution in [0.5, 0.6) is 5.75 Å². The number of aromatic hydroxyl groups is 1. The van der Waals surface area contributed by atoms with Gasteiger partial charge in [0.05, 0.1) is 0 Å². The summed E-state index contributed by atoms with van der Waals surface area (Å²) in [6.45, 7) is 0. The molecule has 0 amide bonds. The summed E-state index contributed by atoms with van der Waals surface area (Å²) in [7, 11) is 0. The van der Waals surface area contributed by atoms with Crippen molar-refractivity contribution in [3.63, 3.8) is 0 Å². The Balaban J connectivity index is 2.04. The molecule has 3 rings (SSSR count). The third-order valence-corrected chi connectivity index (χ3v) is 3.87. The molecule has 6 heteroatoms. The van der Waals surface area contributed by atoms with Crippen molar-refractivity contribution in [2.45, 2.75) is 31.6 Å². The Hall–Kier alpha value is -2.21. The predicted molar refractivity (Wildman–Crippen MR) is 78.1 cm³/mol. The lowest BCUT2D eigenvalue weighted by molar-refractivity contribution is 0.432. The van der Waals surface area contributed by atoms with Gasteiger partial charge in [0.25, 0.3) is 0 Å². The number of hydrazine groups is 1. The van der Waals surface area contributed by atoms with Gasteiger partial charge in [-0.2, -0.15) is 0 Å².